The summed E-state index contributed by atoms with van der Waals surface area (Å²) in [4.78, 5) is 13.9. The Bertz CT molecular complexity index is 202. The Balaban J connectivity index is 2.03. The summed E-state index contributed by atoms with van der Waals surface area (Å²) in [5.41, 5.74) is 0. The zero-order chi connectivity index (χ0) is 9.26. The van der Waals surface area contributed by atoms with Crippen LogP contribution >= 0.6 is 0 Å². The van der Waals surface area contributed by atoms with E-state index >= 15 is 0 Å². The molecule has 2 heteroatoms. The summed E-state index contributed by atoms with van der Waals surface area (Å²) in [7, 11) is 0. The average Bonchev–Trinajstić information content (AvgIpc) is 2.16. The topological polar surface area (TPSA) is 20.3 Å². The van der Waals surface area contributed by atoms with Gasteiger partial charge in [-0.15, -0.1) is 0 Å². The van der Waals surface area contributed by atoms with Crippen molar-refractivity contribution in [1.29, 1.82) is 0 Å². The van der Waals surface area contributed by atoms with Crippen LogP contribution in [0.4, 0.5) is 0 Å². The lowest BCUT2D eigenvalue weighted by Gasteiger charge is -2.43. The van der Waals surface area contributed by atoms with Crippen molar-refractivity contribution < 1.29 is 4.79 Å². The van der Waals surface area contributed by atoms with E-state index in [1.165, 1.54) is 19.4 Å². The van der Waals surface area contributed by atoms with Gasteiger partial charge in [-0.3, -0.25) is 4.79 Å². The fourth-order valence-corrected chi connectivity index (χ4v) is 2.97. The summed E-state index contributed by atoms with van der Waals surface area (Å²) in [5, 5.41) is 0. The highest BCUT2D eigenvalue weighted by molar-refractivity contribution is 5.79. The Morgan fingerprint density at radius 1 is 1.46 bits per heavy atom. The molecular formula is C11H19NO. The molecule has 2 fully saturated rings. The first-order valence-corrected chi connectivity index (χ1v) is 5.57. The van der Waals surface area contributed by atoms with Crippen molar-refractivity contribution in [3.63, 3.8) is 0 Å². The molecule has 2 nitrogen and oxygen atoms in total. The normalized spacial score (nSPS) is 35.9. The van der Waals surface area contributed by atoms with E-state index in [-0.39, 0.29) is 0 Å². The molecule has 74 valence electrons. The van der Waals surface area contributed by atoms with E-state index in [1.54, 1.807) is 0 Å². The zero-order valence-corrected chi connectivity index (χ0v) is 8.46. The maximum atomic E-state index is 11.3. The number of ketones is 1. The fourth-order valence-electron chi connectivity index (χ4n) is 2.97. The van der Waals surface area contributed by atoms with Crippen LogP contribution in [0.25, 0.3) is 0 Å². The number of rotatable bonds is 1. The number of nitrogens with zero attached hydrogens (tertiary/aromatic N) is 1. The smallest absolute Gasteiger partial charge is 0.133 e. The van der Waals surface area contributed by atoms with Crippen LogP contribution in [0.5, 0.6) is 0 Å². The van der Waals surface area contributed by atoms with E-state index in [9.17, 15) is 4.79 Å². The van der Waals surface area contributed by atoms with E-state index in [1.807, 2.05) is 0 Å². The van der Waals surface area contributed by atoms with Crippen LogP contribution in [0, 0.1) is 5.92 Å². The molecule has 0 N–H and O–H groups in total. The third-order valence-electron chi connectivity index (χ3n) is 3.65. The minimum atomic E-state index is 0.499. The SMILES string of the molecule is CCN1CCC[C@@H]2CC(=O)CC[C@H]21. The third-order valence-corrected chi connectivity index (χ3v) is 3.65. The monoisotopic (exact) mass is 181 g/mol. The van der Waals surface area contributed by atoms with Gasteiger partial charge >= 0.3 is 0 Å². The number of fused-ring (bicyclic) bond motifs is 1. The molecule has 0 radical (unpaired) electrons. The van der Waals surface area contributed by atoms with Gasteiger partial charge < -0.3 is 4.90 Å². The number of Topliss-reactive ketones (excluding diaryl/α,β-unsaturated/α-hetero) is 1. The van der Waals surface area contributed by atoms with Crippen LogP contribution in [0.1, 0.15) is 39.0 Å². The maximum absolute atomic E-state index is 11.3. The average molecular weight is 181 g/mol. The Labute approximate surface area is 80.3 Å². The summed E-state index contributed by atoms with van der Waals surface area (Å²) in [6.45, 7) is 4.65. The summed E-state index contributed by atoms with van der Waals surface area (Å²) in [6, 6.07) is 0.733. The molecule has 2 aliphatic rings. The summed E-state index contributed by atoms with van der Waals surface area (Å²) in [5.74, 6) is 1.19. The molecule has 1 aliphatic carbocycles. The fraction of sp³-hybridized carbons (Fsp3) is 0.909. The Kier molecular flexibility index (Phi) is 2.68. The second kappa shape index (κ2) is 3.79. The lowest BCUT2D eigenvalue weighted by molar-refractivity contribution is -0.124. The highest BCUT2D eigenvalue weighted by Crippen LogP contribution is 2.33. The maximum Gasteiger partial charge on any atom is 0.133 e. The molecule has 2 rings (SSSR count). The van der Waals surface area contributed by atoms with E-state index in [4.69, 9.17) is 0 Å². The van der Waals surface area contributed by atoms with Crippen molar-refractivity contribution in [1.82, 2.24) is 4.90 Å². The molecule has 1 heterocycles. The number of hydrogen-bond donors (Lipinski definition) is 0. The Morgan fingerprint density at radius 2 is 2.31 bits per heavy atom. The molecule has 0 aromatic heterocycles. The zero-order valence-electron chi connectivity index (χ0n) is 8.46. The molecule has 1 saturated heterocycles. The van der Waals surface area contributed by atoms with Crippen molar-refractivity contribution in [2.45, 2.75) is 45.1 Å². The molecular weight excluding hydrogens is 162 g/mol. The first-order valence-electron chi connectivity index (χ1n) is 5.57. The summed E-state index contributed by atoms with van der Waals surface area (Å²) < 4.78 is 0. The number of piperidine rings is 1. The van der Waals surface area contributed by atoms with Gasteiger partial charge in [0.05, 0.1) is 0 Å². The van der Waals surface area contributed by atoms with E-state index < -0.39 is 0 Å². The first-order chi connectivity index (χ1) is 6.31. The lowest BCUT2D eigenvalue weighted by atomic mass is 9.78. The van der Waals surface area contributed by atoms with E-state index in [0.717, 1.165) is 31.8 Å². The Morgan fingerprint density at radius 3 is 3.08 bits per heavy atom. The highest BCUT2D eigenvalue weighted by Gasteiger charge is 2.34. The van der Waals surface area contributed by atoms with Gasteiger partial charge in [-0.1, -0.05) is 6.92 Å². The van der Waals surface area contributed by atoms with Crippen LogP contribution in [-0.4, -0.2) is 29.8 Å². The second-order valence-corrected chi connectivity index (χ2v) is 4.38. The lowest BCUT2D eigenvalue weighted by Crippen LogP contribution is -2.47. The standard InChI is InChI=1S/C11H19NO/c1-2-12-7-3-4-9-8-10(13)5-6-11(9)12/h9,11H,2-8H2,1H3/t9-,11-/m1/s1. The predicted octanol–water partition coefficient (Wildman–Crippen LogP) is 1.84. The number of likely N-dealkylation sites (tertiary alicyclic amines) is 1. The van der Waals surface area contributed by atoms with E-state index in [2.05, 4.69) is 11.8 Å². The van der Waals surface area contributed by atoms with Crippen LogP contribution in [-0.2, 0) is 4.79 Å². The summed E-state index contributed by atoms with van der Waals surface area (Å²) >= 11 is 0. The predicted molar refractivity (Wildman–Crippen MR) is 52.6 cm³/mol. The van der Waals surface area contributed by atoms with Crippen molar-refractivity contribution in [2.24, 2.45) is 5.92 Å². The molecule has 0 aromatic rings. The molecule has 0 bridgehead atoms. The quantitative estimate of drug-likeness (QED) is 0.615. The first kappa shape index (κ1) is 9.20. The molecule has 2 atom stereocenters. The van der Waals surface area contributed by atoms with Crippen molar-refractivity contribution >= 4 is 5.78 Å². The van der Waals surface area contributed by atoms with Crippen molar-refractivity contribution in [2.75, 3.05) is 13.1 Å². The molecule has 1 aliphatic heterocycles. The highest BCUT2D eigenvalue weighted by atomic mass is 16.1. The molecule has 0 unspecified atom stereocenters. The van der Waals surface area contributed by atoms with Crippen LogP contribution in [0.3, 0.4) is 0 Å². The minimum Gasteiger partial charge on any atom is -0.300 e. The number of carbonyl (C=O) groups excluding carboxylic acids is 1. The van der Waals surface area contributed by atoms with Gasteiger partial charge in [0.25, 0.3) is 0 Å². The molecule has 0 aromatic carbocycles. The molecule has 13 heavy (non-hydrogen) atoms. The van der Waals surface area contributed by atoms with Gasteiger partial charge in [0.1, 0.15) is 5.78 Å². The van der Waals surface area contributed by atoms with Gasteiger partial charge in [-0.05, 0) is 38.3 Å². The van der Waals surface area contributed by atoms with Crippen LogP contribution in [0.2, 0.25) is 0 Å². The van der Waals surface area contributed by atoms with Crippen LogP contribution in [0.15, 0.2) is 0 Å². The van der Waals surface area contributed by atoms with Gasteiger partial charge in [0, 0.05) is 18.9 Å². The van der Waals surface area contributed by atoms with Gasteiger partial charge in [-0.2, -0.15) is 0 Å². The molecule has 0 amide bonds. The Hall–Kier alpha value is -0.370. The van der Waals surface area contributed by atoms with Crippen molar-refractivity contribution in [3.8, 4) is 0 Å². The van der Waals surface area contributed by atoms with Crippen LogP contribution < -0.4 is 0 Å². The third kappa shape index (κ3) is 1.78. The van der Waals surface area contributed by atoms with Gasteiger partial charge in [-0.25, -0.2) is 0 Å². The number of carbonyl (C=O) groups is 1. The summed E-state index contributed by atoms with van der Waals surface area (Å²) in [6.07, 6.45) is 5.39. The molecule has 1 saturated carbocycles. The van der Waals surface area contributed by atoms with Gasteiger partial charge in [0.15, 0.2) is 0 Å². The minimum absolute atomic E-state index is 0.499. The largest absolute Gasteiger partial charge is 0.300 e. The number of hydrogen-bond acceptors (Lipinski definition) is 2. The van der Waals surface area contributed by atoms with Crippen molar-refractivity contribution in [3.05, 3.63) is 0 Å². The van der Waals surface area contributed by atoms with Gasteiger partial charge in [0.2, 0.25) is 0 Å². The second-order valence-electron chi connectivity index (χ2n) is 4.38. The molecule has 0 spiro atoms. The van der Waals surface area contributed by atoms with E-state index in [0.29, 0.717) is 11.7 Å².